The SMILES string of the molecule is COCC(C)(C)O[C@@H]1CNC[C@H]1O. The number of β-amino-alcohol motifs (C(OH)–C–C–N with tert-alkyl or cyclic N) is 1. The normalized spacial score (nSPS) is 29.5. The van der Waals surface area contributed by atoms with E-state index in [2.05, 4.69) is 5.32 Å². The fourth-order valence-electron chi connectivity index (χ4n) is 1.55. The van der Waals surface area contributed by atoms with Crippen LogP contribution in [0.5, 0.6) is 0 Å². The molecule has 0 spiro atoms. The predicted molar refractivity (Wildman–Crippen MR) is 49.7 cm³/mol. The van der Waals surface area contributed by atoms with Crippen LogP contribution in [0.15, 0.2) is 0 Å². The predicted octanol–water partition coefficient (Wildman–Crippen LogP) is -0.239. The molecule has 0 unspecified atom stereocenters. The van der Waals surface area contributed by atoms with Gasteiger partial charge in [-0.1, -0.05) is 0 Å². The zero-order valence-corrected chi connectivity index (χ0v) is 8.54. The van der Waals surface area contributed by atoms with Crippen LogP contribution in [0.2, 0.25) is 0 Å². The second-order valence-corrected chi connectivity index (χ2v) is 4.07. The van der Waals surface area contributed by atoms with E-state index < -0.39 is 6.10 Å². The highest BCUT2D eigenvalue weighted by atomic mass is 16.6. The van der Waals surface area contributed by atoms with Crippen LogP contribution in [-0.2, 0) is 9.47 Å². The Hall–Kier alpha value is -0.160. The highest BCUT2D eigenvalue weighted by Gasteiger charge is 2.31. The number of aliphatic hydroxyl groups is 1. The second-order valence-electron chi connectivity index (χ2n) is 4.07. The Bertz CT molecular complexity index is 161. The second kappa shape index (κ2) is 4.37. The van der Waals surface area contributed by atoms with Gasteiger partial charge in [-0.25, -0.2) is 0 Å². The third-order valence-electron chi connectivity index (χ3n) is 2.09. The van der Waals surface area contributed by atoms with Gasteiger partial charge in [-0.3, -0.25) is 0 Å². The van der Waals surface area contributed by atoms with Crippen molar-refractivity contribution in [2.45, 2.75) is 31.7 Å². The van der Waals surface area contributed by atoms with Gasteiger partial charge in [0.15, 0.2) is 0 Å². The molecule has 4 nitrogen and oxygen atoms in total. The Balaban J connectivity index is 2.37. The van der Waals surface area contributed by atoms with Crippen molar-refractivity contribution in [2.75, 3.05) is 26.8 Å². The summed E-state index contributed by atoms with van der Waals surface area (Å²) in [5.41, 5.74) is -0.327. The number of aliphatic hydroxyl groups excluding tert-OH is 1. The first kappa shape index (κ1) is 10.9. The molecule has 4 heteroatoms. The maximum absolute atomic E-state index is 9.49. The van der Waals surface area contributed by atoms with Gasteiger partial charge in [0, 0.05) is 20.2 Å². The number of methoxy groups -OCH3 is 1. The lowest BCUT2D eigenvalue weighted by molar-refractivity contribution is -0.125. The summed E-state index contributed by atoms with van der Waals surface area (Å²) in [6.45, 7) is 5.79. The standard InChI is InChI=1S/C9H19NO3/c1-9(2,6-12-3)13-8-5-10-4-7(8)11/h7-8,10-11H,4-6H2,1-3H3/t7-,8-/m1/s1. The van der Waals surface area contributed by atoms with Crippen molar-refractivity contribution in [1.82, 2.24) is 5.32 Å². The van der Waals surface area contributed by atoms with Crippen molar-refractivity contribution in [3.63, 3.8) is 0 Å². The molecule has 78 valence electrons. The van der Waals surface area contributed by atoms with Crippen LogP contribution in [0.1, 0.15) is 13.8 Å². The number of rotatable bonds is 4. The Kier molecular flexibility index (Phi) is 3.67. The van der Waals surface area contributed by atoms with Crippen molar-refractivity contribution in [1.29, 1.82) is 0 Å². The van der Waals surface area contributed by atoms with E-state index in [0.29, 0.717) is 19.7 Å². The summed E-state index contributed by atoms with van der Waals surface area (Å²) < 4.78 is 10.7. The molecule has 2 atom stereocenters. The summed E-state index contributed by atoms with van der Waals surface area (Å²) in [6.07, 6.45) is -0.499. The first-order valence-corrected chi connectivity index (χ1v) is 4.61. The molecule has 1 aliphatic heterocycles. The summed E-state index contributed by atoms with van der Waals surface area (Å²) in [4.78, 5) is 0. The van der Waals surface area contributed by atoms with Crippen LogP contribution >= 0.6 is 0 Å². The van der Waals surface area contributed by atoms with Gasteiger partial charge in [0.05, 0.1) is 24.4 Å². The van der Waals surface area contributed by atoms with Crippen molar-refractivity contribution >= 4 is 0 Å². The van der Waals surface area contributed by atoms with E-state index in [0.717, 1.165) is 0 Å². The summed E-state index contributed by atoms with van der Waals surface area (Å²) in [5, 5.41) is 12.6. The molecular formula is C9H19NO3. The molecule has 1 heterocycles. The zero-order valence-electron chi connectivity index (χ0n) is 8.54. The fourth-order valence-corrected chi connectivity index (χ4v) is 1.55. The Labute approximate surface area is 79.2 Å². The molecule has 1 rings (SSSR count). The van der Waals surface area contributed by atoms with Crippen LogP contribution < -0.4 is 5.32 Å². The summed E-state index contributed by atoms with van der Waals surface area (Å²) in [7, 11) is 1.65. The van der Waals surface area contributed by atoms with Crippen molar-refractivity contribution in [2.24, 2.45) is 0 Å². The quantitative estimate of drug-likeness (QED) is 0.641. The minimum atomic E-state index is -0.392. The molecule has 0 aromatic rings. The summed E-state index contributed by atoms with van der Waals surface area (Å²) in [6, 6.07) is 0. The van der Waals surface area contributed by atoms with Gasteiger partial charge < -0.3 is 19.9 Å². The van der Waals surface area contributed by atoms with Crippen LogP contribution in [0.4, 0.5) is 0 Å². The number of nitrogens with one attached hydrogen (secondary N) is 1. The molecule has 1 fully saturated rings. The lowest BCUT2D eigenvalue weighted by atomic mass is 10.1. The van der Waals surface area contributed by atoms with Crippen LogP contribution in [0, 0.1) is 0 Å². The smallest absolute Gasteiger partial charge is 0.0978 e. The van der Waals surface area contributed by atoms with E-state index in [1.807, 2.05) is 13.8 Å². The molecule has 0 amide bonds. The minimum Gasteiger partial charge on any atom is -0.389 e. The maximum atomic E-state index is 9.49. The van der Waals surface area contributed by atoms with Crippen LogP contribution in [0.3, 0.4) is 0 Å². The van der Waals surface area contributed by atoms with Crippen molar-refractivity contribution in [3.05, 3.63) is 0 Å². The van der Waals surface area contributed by atoms with E-state index in [-0.39, 0.29) is 11.7 Å². The largest absolute Gasteiger partial charge is 0.389 e. The molecule has 2 N–H and O–H groups in total. The Morgan fingerprint density at radius 1 is 1.46 bits per heavy atom. The summed E-state index contributed by atoms with van der Waals surface area (Å²) >= 11 is 0. The topological polar surface area (TPSA) is 50.7 Å². The van der Waals surface area contributed by atoms with Crippen LogP contribution in [0.25, 0.3) is 0 Å². The molecule has 0 aromatic heterocycles. The van der Waals surface area contributed by atoms with E-state index in [1.165, 1.54) is 0 Å². The molecule has 0 saturated carbocycles. The minimum absolute atomic E-state index is 0.106. The fraction of sp³-hybridized carbons (Fsp3) is 1.00. The number of hydrogen-bond donors (Lipinski definition) is 2. The van der Waals surface area contributed by atoms with Crippen LogP contribution in [-0.4, -0.2) is 49.7 Å². The van der Waals surface area contributed by atoms with Gasteiger partial charge in [0.1, 0.15) is 0 Å². The monoisotopic (exact) mass is 189 g/mol. The third-order valence-corrected chi connectivity index (χ3v) is 2.09. The Morgan fingerprint density at radius 2 is 2.15 bits per heavy atom. The highest BCUT2D eigenvalue weighted by Crippen LogP contribution is 2.16. The molecule has 1 saturated heterocycles. The lowest BCUT2D eigenvalue weighted by Gasteiger charge is -2.29. The maximum Gasteiger partial charge on any atom is 0.0978 e. The Morgan fingerprint density at radius 3 is 2.62 bits per heavy atom. The average molecular weight is 189 g/mol. The average Bonchev–Trinajstić information content (AvgIpc) is 2.35. The molecule has 0 aromatic carbocycles. The molecule has 1 aliphatic rings. The van der Waals surface area contributed by atoms with E-state index >= 15 is 0 Å². The van der Waals surface area contributed by atoms with E-state index in [9.17, 15) is 5.11 Å². The molecule has 0 radical (unpaired) electrons. The van der Waals surface area contributed by atoms with Crippen molar-refractivity contribution < 1.29 is 14.6 Å². The van der Waals surface area contributed by atoms with Gasteiger partial charge in [-0.15, -0.1) is 0 Å². The van der Waals surface area contributed by atoms with Gasteiger partial charge in [0.2, 0.25) is 0 Å². The first-order valence-electron chi connectivity index (χ1n) is 4.61. The lowest BCUT2D eigenvalue weighted by Crippen LogP contribution is -2.39. The van der Waals surface area contributed by atoms with E-state index in [4.69, 9.17) is 9.47 Å². The first-order chi connectivity index (χ1) is 6.05. The number of ether oxygens (including phenoxy) is 2. The number of hydrogen-bond acceptors (Lipinski definition) is 4. The van der Waals surface area contributed by atoms with Gasteiger partial charge in [0.25, 0.3) is 0 Å². The van der Waals surface area contributed by atoms with E-state index in [1.54, 1.807) is 7.11 Å². The van der Waals surface area contributed by atoms with Crippen molar-refractivity contribution in [3.8, 4) is 0 Å². The van der Waals surface area contributed by atoms with Gasteiger partial charge in [-0.05, 0) is 13.8 Å². The third kappa shape index (κ3) is 3.23. The molecule has 13 heavy (non-hydrogen) atoms. The van der Waals surface area contributed by atoms with Gasteiger partial charge in [-0.2, -0.15) is 0 Å². The highest BCUT2D eigenvalue weighted by molar-refractivity contribution is 4.84. The molecular weight excluding hydrogens is 170 g/mol. The zero-order chi connectivity index (χ0) is 9.90. The van der Waals surface area contributed by atoms with Gasteiger partial charge >= 0.3 is 0 Å². The molecule has 0 bridgehead atoms. The molecule has 0 aliphatic carbocycles. The summed E-state index contributed by atoms with van der Waals surface area (Å²) in [5.74, 6) is 0.